The van der Waals surface area contributed by atoms with Crippen molar-refractivity contribution < 1.29 is 0 Å². The lowest BCUT2D eigenvalue weighted by atomic mass is 10.0. The zero-order valence-corrected chi connectivity index (χ0v) is 12.4. The molecule has 0 amide bonds. The summed E-state index contributed by atoms with van der Waals surface area (Å²) in [6, 6.07) is 0. The molecule has 0 unspecified atom stereocenters. The third kappa shape index (κ3) is 6.05. The van der Waals surface area contributed by atoms with Gasteiger partial charge in [0, 0.05) is 0 Å². The number of hydrogen-bond donors (Lipinski definition) is 1. The Hall–Kier alpha value is 0.177. The van der Waals surface area contributed by atoms with E-state index in [9.17, 15) is 0 Å². The van der Waals surface area contributed by atoms with Crippen LogP contribution in [0.1, 0.15) is 70.6 Å². The average molecular weight is 241 g/mol. The minimum atomic E-state index is -1.38. The molecule has 0 bridgehead atoms. The molecule has 2 heteroatoms. The lowest BCUT2D eigenvalue weighted by Crippen LogP contribution is -2.43. The van der Waals surface area contributed by atoms with E-state index in [1.165, 1.54) is 70.6 Å². The Kier molecular flexibility index (Phi) is 6.67. The van der Waals surface area contributed by atoms with Crippen molar-refractivity contribution in [3.05, 3.63) is 0 Å². The molecule has 1 aliphatic rings. The normalized spacial score (nSPS) is 23.4. The summed E-state index contributed by atoms with van der Waals surface area (Å²) in [5, 5.41) is 6.43. The number of rotatable bonds is 1. The maximum Gasteiger partial charge on any atom is 0.119 e. The van der Waals surface area contributed by atoms with Crippen molar-refractivity contribution in [3.8, 4) is 0 Å². The van der Waals surface area contributed by atoms with Crippen molar-refractivity contribution in [3.63, 3.8) is 0 Å². The molecule has 0 saturated heterocycles. The number of nitrogens with two attached hydrogens (primary N) is 1. The van der Waals surface area contributed by atoms with E-state index in [1.54, 1.807) is 0 Å². The highest BCUT2D eigenvalue weighted by Gasteiger charge is 2.26. The second kappa shape index (κ2) is 7.49. The molecule has 16 heavy (non-hydrogen) atoms. The first-order chi connectivity index (χ1) is 7.61. The summed E-state index contributed by atoms with van der Waals surface area (Å²) in [5.41, 5.74) is 0.881. The lowest BCUT2D eigenvalue weighted by Gasteiger charge is -2.28. The lowest BCUT2D eigenvalue weighted by molar-refractivity contribution is 0.497. The second-order valence-electron chi connectivity index (χ2n) is 6.28. The Morgan fingerprint density at radius 2 is 1.00 bits per heavy atom. The van der Waals surface area contributed by atoms with Crippen LogP contribution in [0.2, 0.25) is 18.6 Å². The molecule has 0 aromatic carbocycles. The van der Waals surface area contributed by atoms with E-state index < -0.39 is 8.24 Å². The van der Waals surface area contributed by atoms with Gasteiger partial charge >= 0.3 is 0 Å². The number of hydrogen-bond acceptors (Lipinski definition) is 1. The first-order valence-electron chi connectivity index (χ1n) is 7.39. The minimum Gasteiger partial charge on any atom is -0.351 e. The molecule has 0 radical (unpaired) electrons. The third-order valence-corrected chi connectivity index (χ3v) is 6.84. The van der Waals surface area contributed by atoms with Crippen LogP contribution in [-0.4, -0.2) is 8.24 Å². The highest BCUT2D eigenvalue weighted by molar-refractivity contribution is 6.75. The summed E-state index contributed by atoms with van der Waals surface area (Å²) in [6.45, 7) is 4.70. The van der Waals surface area contributed by atoms with Crippen molar-refractivity contribution in [2.45, 2.75) is 89.3 Å². The summed E-state index contributed by atoms with van der Waals surface area (Å²) < 4.78 is 0. The average Bonchev–Trinajstić information content (AvgIpc) is 2.16. The van der Waals surface area contributed by atoms with Crippen LogP contribution in [0.15, 0.2) is 0 Å². The zero-order chi connectivity index (χ0) is 11.9. The molecule has 0 aromatic heterocycles. The molecule has 0 spiro atoms. The molecule has 1 rings (SSSR count). The van der Waals surface area contributed by atoms with Gasteiger partial charge in [-0.15, -0.1) is 0 Å². The molecule has 1 nitrogen and oxygen atoms in total. The molecule has 1 aliphatic carbocycles. The highest BCUT2D eigenvalue weighted by atomic mass is 28.3. The van der Waals surface area contributed by atoms with Gasteiger partial charge in [0.15, 0.2) is 0 Å². The Morgan fingerprint density at radius 1 is 0.688 bits per heavy atom. The van der Waals surface area contributed by atoms with Gasteiger partial charge in [0.1, 0.15) is 8.24 Å². The molecular formula is C14H31NSi. The van der Waals surface area contributed by atoms with Crippen molar-refractivity contribution in [2.24, 2.45) is 5.40 Å². The predicted molar refractivity (Wildman–Crippen MR) is 76.2 cm³/mol. The summed E-state index contributed by atoms with van der Waals surface area (Å²) in [7, 11) is -1.38. The fourth-order valence-corrected chi connectivity index (χ4v) is 4.80. The van der Waals surface area contributed by atoms with Gasteiger partial charge in [-0.2, -0.15) is 0 Å². The SMILES string of the molecule is C[Si](C)(N)C1CCCCCCCCCCC1. The molecule has 2 N–H and O–H groups in total. The molecule has 1 fully saturated rings. The Bertz CT molecular complexity index is 162. The smallest absolute Gasteiger partial charge is 0.119 e. The van der Waals surface area contributed by atoms with Crippen LogP contribution in [0, 0.1) is 0 Å². The maximum absolute atomic E-state index is 6.43. The predicted octanol–water partition coefficient (Wildman–Crippen LogP) is 4.83. The molecule has 0 aromatic rings. The summed E-state index contributed by atoms with van der Waals surface area (Å²) >= 11 is 0. The van der Waals surface area contributed by atoms with E-state index in [-0.39, 0.29) is 0 Å². The Labute approximate surface area is 103 Å². The monoisotopic (exact) mass is 241 g/mol. The fraction of sp³-hybridized carbons (Fsp3) is 1.00. The first-order valence-corrected chi connectivity index (χ1v) is 10.5. The van der Waals surface area contributed by atoms with Crippen LogP contribution < -0.4 is 5.40 Å². The van der Waals surface area contributed by atoms with E-state index in [0.29, 0.717) is 0 Å². The third-order valence-electron chi connectivity index (χ3n) is 4.16. The topological polar surface area (TPSA) is 26.0 Å². The van der Waals surface area contributed by atoms with Gasteiger partial charge in [-0.1, -0.05) is 83.7 Å². The minimum absolute atomic E-state index is 0.881. The van der Waals surface area contributed by atoms with Gasteiger partial charge in [0.2, 0.25) is 0 Å². The van der Waals surface area contributed by atoms with Crippen LogP contribution >= 0.6 is 0 Å². The van der Waals surface area contributed by atoms with Crippen molar-refractivity contribution in [1.82, 2.24) is 0 Å². The summed E-state index contributed by atoms with van der Waals surface area (Å²) in [6.07, 6.45) is 15.9. The standard InChI is InChI=1S/C14H31NSi/c1-16(2,15)14-12-10-8-6-4-3-5-7-9-11-13-14/h14H,3-13,15H2,1-2H3. The zero-order valence-electron chi connectivity index (χ0n) is 11.4. The fourth-order valence-electron chi connectivity index (χ4n) is 2.91. The first kappa shape index (κ1) is 14.2. The Morgan fingerprint density at radius 3 is 1.31 bits per heavy atom. The van der Waals surface area contributed by atoms with Crippen molar-refractivity contribution >= 4 is 8.24 Å². The Balaban J connectivity index is 2.36. The van der Waals surface area contributed by atoms with E-state index in [4.69, 9.17) is 5.40 Å². The summed E-state index contributed by atoms with van der Waals surface area (Å²) in [5.74, 6) is 0. The summed E-state index contributed by atoms with van der Waals surface area (Å²) in [4.78, 5) is 0. The van der Waals surface area contributed by atoms with Gasteiger partial charge in [-0.05, 0) is 5.54 Å². The molecular weight excluding hydrogens is 210 g/mol. The maximum atomic E-state index is 6.43. The molecule has 0 atom stereocenters. The molecule has 0 aliphatic heterocycles. The van der Waals surface area contributed by atoms with Crippen LogP contribution in [0.4, 0.5) is 0 Å². The van der Waals surface area contributed by atoms with Gasteiger partial charge in [0.25, 0.3) is 0 Å². The quantitative estimate of drug-likeness (QED) is 0.654. The van der Waals surface area contributed by atoms with E-state index in [0.717, 1.165) is 5.54 Å². The van der Waals surface area contributed by atoms with Gasteiger partial charge < -0.3 is 5.40 Å². The largest absolute Gasteiger partial charge is 0.351 e. The molecule has 1 saturated carbocycles. The van der Waals surface area contributed by atoms with Gasteiger partial charge in [-0.3, -0.25) is 0 Å². The second-order valence-corrected chi connectivity index (χ2v) is 10.7. The molecule has 0 heterocycles. The van der Waals surface area contributed by atoms with Gasteiger partial charge in [-0.25, -0.2) is 0 Å². The van der Waals surface area contributed by atoms with E-state index in [2.05, 4.69) is 13.1 Å². The highest BCUT2D eigenvalue weighted by Crippen LogP contribution is 2.30. The van der Waals surface area contributed by atoms with Crippen LogP contribution in [0.3, 0.4) is 0 Å². The van der Waals surface area contributed by atoms with E-state index in [1.807, 2.05) is 0 Å². The van der Waals surface area contributed by atoms with Crippen molar-refractivity contribution in [1.29, 1.82) is 0 Å². The van der Waals surface area contributed by atoms with Crippen LogP contribution in [0.25, 0.3) is 0 Å². The van der Waals surface area contributed by atoms with Crippen molar-refractivity contribution in [2.75, 3.05) is 0 Å². The van der Waals surface area contributed by atoms with Crippen LogP contribution in [0.5, 0.6) is 0 Å². The van der Waals surface area contributed by atoms with E-state index >= 15 is 0 Å². The van der Waals surface area contributed by atoms with Crippen LogP contribution in [-0.2, 0) is 0 Å². The van der Waals surface area contributed by atoms with Gasteiger partial charge in [0.05, 0.1) is 0 Å². The molecule has 96 valence electrons.